The van der Waals surface area contributed by atoms with Crippen molar-refractivity contribution in [3.05, 3.63) is 41.0 Å². The van der Waals surface area contributed by atoms with Crippen LogP contribution < -0.4 is 20.9 Å². The molecule has 1 atom stereocenters. The maximum absolute atomic E-state index is 13.4. The predicted octanol–water partition coefficient (Wildman–Crippen LogP) is 4.44. The van der Waals surface area contributed by atoms with Crippen LogP contribution in [0.2, 0.25) is 0 Å². The minimum atomic E-state index is -0.0304. The summed E-state index contributed by atoms with van der Waals surface area (Å²) in [5.41, 5.74) is 2.42. The van der Waals surface area contributed by atoms with Crippen molar-refractivity contribution in [3.8, 4) is 0 Å². The number of ketones is 1. The molecule has 3 N–H and O–H groups in total. The monoisotopic (exact) mass is 476 g/mol. The van der Waals surface area contributed by atoms with E-state index in [0.29, 0.717) is 5.92 Å². The molecule has 2 saturated heterocycles. The molecule has 8 heteroatoms. The molecule has 6 rings (SSSR count). The molecule has 0 radical (unpaired) electrons. The molecule has 1 aliphatic carbocycles. The maximum atomic E-state index is 13.4. The van der Waals surface area contributed by atoms with Gasteiger partial charge in [-0.2, -0.15) is 0 Å². The molecule has 34 heavy (non-hydrogen) atoms. The lowest BCUT2D eigenvalue weighted by molar-refractivity contribution is 0.0955. The van der Waals surface area contributed by atoms with Crippen LogP contribution in [0.25, 0.3) is 10.1 Å². The first-order valence-corrected chi connectivity index (χ1v) is 13.5. The number of fused-ring (bicyclic) bond motifs is 1. The van der Waals surface area contributed by atoms with Gasteiger partial charge in [0.25, 0.3) is 0 Å². The van der Waals surface area contributed by atoms with Gasteiger partial charge in [-0.15, -0.1) is 11.3 Å². The number of aromatic nitrogens is 2. The second-order valence-electron chi connectivity index (χ2n) is 9.67. The SMILES string of the molecule is O=C(c1sc2cnc(Nc3ccc(N4CCNCC4)cn3)cc2c1C1CCCC1)C1CCCN1. The lowest BCUT2D eigenvalue weighted by Gasteiger charge is -2.29. The van der Waals surface area contributed by atoms with Crippen molar-refractivity contribution in [1.29, 1.82) is 0 Å². The van der Waals surface area contributed by atoms with Gasteiger partial charge in [0.05, 0.1) is 27.5 Å². The van der Waals surface area contributed by atoms with E-state index in [-0.39, 0.29) is 11.8 Å². The van der Waals surface area contributed by atoms with Gasteiger partial charge in [0.2, 0.25) is 0 Å². The molecule has 178 valence electrons. The number of nitrogens with one attached hydrogen (secondary N) is 3. The average Bonchev–Trinajstić information content (AvgIpc) is 3.65. The quantitative estimate of drug-likeness (QED) is 0.454. The first-order chi connectivity index (χ1) is 16.8. The highest BCUT2D eigenvalue weighted by molar-refractivity contribution is 7.21. The molecule has 3 fully saturated rings. The molecule has 0 aromatic carbocycles. The van der Waals surface area contributed by atoms with Gasteiger partial charge in [0.15, 0.2) is 5.78 Å². The fraction of sp³-hybridized carbons (Fsp3) is 0.500. The molecular weight excluding hydrogens is 444 g/mol. The number of thiophene rings is 1. The van der Waals surface area contributed by atoms with Crippen LogP contribution in [0.3, 0.4) is 0 Å². The number of anilines is 3. The minimum absolute atomic E-state index is 0.0304. The van der Waals surface area contributed by atoms with Crippen molar-refractivity contribution in [2.75, 3.05) is 42.9 Å². The van der Waals surface area contributed by atoms with Gasteiger partial charge in [-0.05, 0) is 61.9 Å². The van der Waals surface area contributed by atoms with Crippen molar-refractivity contribution in [2.24, 2.45) is 0 Å². The van der Waals surface area contributed by atoms with E-state index in [0.717, 1.165) is 72.5 Å². The zero-order valence-corrected chi connectivity index (χ0v) is 20.3. The molecular formula is C26H32N6OS. The number of rotatable bonds is 6. The van der Waals surface area contributed by atoms with Gasteiger partial charge in [-0.25, -0.2) is 9.97 Å². The summed E-state index contributed by atoms with van der Waals surface area (Å²) in [4.78, 5) is 26.0. The zero-order chi connectivity index (χ0) is 22.9. The second kappa shape index (κ2) is 9.60. The largest absolute Gasteiger partial charge is 0.368 e. The summed E-state index contributed by atoms with van der Waals surface area (Å²) in [5, 5.41) is 11.4. The molecule has 3 aliphatic rings. The van der Waals surface area contributed by atoms with Gasteiger partial charge in [0.1, 0.15) is 11.6 Å². The molecule has 5 heterocycles. The van der Waals surface area contributed by atoms with Crippen LogP contribution in [0.5, 0.6) is 0 Å². The van der Waals surface area contributed by atoms with Crippen LogP contribution in [0.1, 0.15) is 59.7 Å². The third-order valence-corrected chi connectivity index (χ3v) is 8.63. The third-order valence-electron chi connectivity index (χ3n) is 7.46. The summed E-state index contributed by atoms with van der Waals surface area (Å²) in [6.45, 7) is 4.97. The van der Waals surface area contributed by atoms with Crippen molar-refractivity contribution >= 4 is 44.5 Å². The number of hydrogen-bond acceptors (Lipinski definition) is 8. The van der Waals surface area contributed by atoms with Crippen molar-refractivity contribution in [1.82, 2.24) is 20.6 Å². The fourth-order valence-electron chi connectivity index (χ4n) is 5.66. The number of pyridine rings is 2. The van der Waals surface area contributed by atoms with Gasteiger partial charge in [-0.3, -0.25) is 4.79 Å². The Balaban J connectivity index is 1.29. The molecule has 0 spiro atoms. The molecule has 1 saturated carbocycles. The highest BCUT2D eigenvalue weighted by Gasteiger charge is 2.32. The van der Waals surface area contributed by atoms with E-state index in [2.05, 4.69) is 43.0 Å². The molecule has 0 amide bonds. The number of Topliss-reactive ketones (excluding diaryl/α,β-unsaturated/α-hetero) is 1. The molecule has 1 unspecified atom stereocenters. The Kier molecular flexibility index (Phi) is 6.20. The Hall–Kier alpha value is -2.55. The van der Waals surface area contributed by atoms with E-state index < -0.39 is 0 Å². The second-order valence-corrected chi connectivity index (χ2v) is 10.7. The summed E-state index contributed by atoms with van der Waals surface area (Å²) >= 11 is 1.63. The number of carbonyl (C=O) groups is 1. The predicted molar refractivity (Wildman–Crippen MR) is 139 cm³/mol. The number of piperazine rings is 1. The number of nitrogens with zero attached hydrogens (tertiary/aromatic N) is 3. The minimum Gasteiger partial charge on any atom is -0.368 e. The van der Waals surface area contributed by atoms with Crippen LogP contribution in [-0.2, 0) is 0 Å². The summed E-state index contributed by atoms with van der Waals surface area (Å²) in [5.74, 6) is 2.32. The van der Waals surface area contributed by atoms with Gasteiger partial charge in [-0.1, -0.05) is 12.8 Å². The summed E-state index contributed by atoms with van der Waals surface area (Å²) in [6.07, 6.45) is 10.7. The van der Waals surface area contributed by atoms with Crippen LogP contribution in [0.4, 0.5) is 17.3 Å². The van der Waals surface area contributed by atoms with Gasteiger partial charge < -0.3 is 20.9 Å². The first-order valence-electron chi connectivity index (χ1n) is 12.6. The Bertz CT molecular complexity index is 1160. The smallest absolute Gasteiger partial charge is 0.189 e. The highest BCUT2D eigenvalue weighted by Crippen LogP contribution is 2.44. The van der Waals surface area contributed by atoms with Gasteiger partial charge in [0, 0.05) is 37.8 Å². The summed E-state index contributed by atoms with van der Waals surface area (Å²) in [7, 11) is 0. The molecule has 3 aromatic rings. The Labute approximate surface area is 204 Å². The third kappa shape index (κ3) is 4.30. The number of carbonyl (C=O) groups excluding carboxylic acids is 1. The van der Waals surface area contributed by atoms with E-state index in [1.54, 1.807) is 11.3 Å². The van der Waals surface area contributed by atoms with Crippen molar-refractivity contribution in [2.45, 2.75) is 50.5 Å². The first kappa shape index (κ1) is 21.9. The van der Waals surface area contributed by atoms with E-state index in [4.69, 9.17) is 0 Å². The van der Waals surface area contributed by atoms with Crippen LogP contribution >= 0.6 is 11.3 Å². The molecule has 7 nitrogen and oxygen atoms in total. The zero-order valence-electron chi connectivity index (χ0n) is 19.5. The highest BCUT2D eigenvalue weighted by atomic mass is 32.1. The standard InChI is InChI=1S/C26H32N6OS/c33-25(20-6-3-9-28-20)26-24(17-4-1-2-5-17)19-14-23(30-16-21(19)34-26)31-22-8-7-18(15-29-22)32-12-10-27-11-13-32/h7-8,14-17,20,27-28H,1-6,9-13H2,(H,29,30,31). The van der Waals surface area contributed by atoms with E-state index in [9.17, 15) is 4.79 Å². The maximum Gasteiger partial charge on any atom is 0.189 e. The van der Waals surface area contributed by atoms with Crippen LogP contribution in [-0.4, -0.2) is 54.5 Å². The van der Waals surface area contributed by atoms with Gasteiger partial charge >= 0.3 is 0 Å². The molecule has 0 bridgehead atoms. The average molecular weight is 477 g/mol. The Morgan fingerprint density at radius 2 is 1.82 bits per heavy atom. The Morgan fingerprint density at radius 3 is 2.56 bits per heavy atom. The van der Waals surface area contributed by atoms with Crippen molar-refractivity contribution in [3.63, 3.8) is 0 Å². The summed E-state index contributed by atoms with van der Waals surface area (Å²) < 4.78 is 1.11. The lowest BCUT2D eigenvalue weighted by atomic mass is 9.92. The lowest BCUT2D eigenvalue weighted by Crippen LogP contribution is -2.43. The van der Waals surface area contributed by atoms with E-state index in [1.165, 1.54) is 36.6 Å². The fourth-order valence-corrected chi connectivity index (χ4v) is 6.89. The van der Waals surface area contributed by atoms with E-state index >= 15 is 0 Å². The van der Waals surface area contributed by atoms with Crippen molar-refractivity contribution < 1.29 is 4.79 Å². The normalized spacial score (nSPS) is 21.4. The molecule has 2 aliphatic heterocycles. The summed E-state index contributed by atoms with van der Waals surface area (Å²) in [6, 6.07) is 6.25. The van der Waals surface area contributed by atoms with Crippen LogP contribution in [0, 0.1) is 0 Å². The van der Waals surface area contributed by atoms with Crippen LogP contribution in [0.15, 0.2) is 30.6 Å². The number of hydrogen-bond donors (Lipinski definition) is 3. The topological polar surface area (TPSA) is 82.2 Å². The van der Waals surface area contributed by atoms with E-state index in [1.807, 2.05) is 18.5 Å². The Morgan fingerprint density at radius 1 is 1.00 bits per heavy atom. The molecule has 3 aromatic heterocycles.